The number of hydrogen-bond donors (Lipinski definition) is 3. The first-order chi connectivity index (χ1) is 10.1. The molecule has 0 fully saturated rings. The highest BCUT2D eigenvalue weighted by Crippen LogP contribution is 2.19. The molecule has 0 radical (unpaired) electrons. The van der Waals surface area contributed by atoms with Crippen LogP contribution < -0.4 is 11.1 Å². The van der Waals surface area contributed by atoms with Crippen molar-refractivity contribution in [3.8, 4) is 0 Å². The minimum absolute atomic E-state index is 0. The number of non-ortho nitro benzene ring substituents is 1. The van der Waals surface area contributed by atoms with Crippen LogP contribution in [0.2, 0.25) is 0 Å². The van der Waals surface area contributed by atoms with E-state index in [0.717, 1.165) is 16.8 Å². The second kappa shape index (κ2) is 8.21. The summed E-state index contributed by atoms with van der Waals surface area (Å²) in [4.78, 5) is 10.2. The lowest BCUT2D eigenvalue weighted by atomic mass is 10.1. The van der Waals surface area contributed by atoms with Gasteiger partial charge >= 0.3 is 0 Å². The van der Waals surface area contributed by atoms with Crippen LogP contribution in [-0.4, -0.2) is 16.6 Å². The van der Waals surface area contributed by atoms with E-state index in [0.29, 0.717) is 18.7 Å². The van der Waals surface area contributed by atoms with Gasteiger partial charge in [-0.25, -0.2) is 0 Å². The molecule has 0 saturated carbocycles. The Morgan fingerprint density at radius 2 is 1.86 bits per heavy atom. The standard InChI is InChI=1S/C15H17N3O3.ClH/c16-15-6-3-13(9-12(15)7-8-19)17-10-11-1-4-14(5-2-11)18(20)21;/h1-6,9,17,19H,7-8,10,16H2;1H. The van der Waals surface area contributed by atoms with Gasteiger partial charge in [0.15, 0.2) is 0 Å². The van der Waals surface area contributed by atoms with Crippen molar-refractivity contribution >= 4 is 29.5 Å². The van der Waals surface area contributed by atoms with Gasteiger partial charge < -0.3 is 16.2 Å². The molecule has 2 aromatic rings. The minimum atomic E-state index is -0.418. The predicted molar refractivity (Wildman–Crippen MR) is 89.3 cm³/mol. The lowest BCUT2D eigenvalue weighted by molar-refractivity contribution is -0.384. The number of anilines is 2. The van der Waals surface area contributed by atoms with Crippen molar-refractivity contribution in [1.82, 2.24) is 0 Å². The number of benzene rings is 2. The van der Waals surface area contributed by atoms with Crippen LogP contribution in [-0.2, 0) is 13.0 Å². The number of nitrogens with zero attached hydrogens (tertiary/aromatic N) is 1. The Balaban J connectivity index is 0.00000242. The van der Waals surface area contributed by atoms with Crippen molar-refractivity contribution < 1.29 is 10.0 Å². The first-order valence-electron chi connectivity index (χ1n) is 6.56. The van der Waals surface area contributed by atoms with E-state index in [9.17, 15) is 10.1 Å². The SMILES string of the molecule is Cl.Nc1ccc(NCc2ccc([N+](=O)[O-])cc2)cc1CCO. The largest absolute Gasteiger partial charge is 0.399 e. The van der Waals surface area contributed by atoms with Crippen LogP contribution in [0.1, 0.15) is 11.1 Å². The fourth-order valence-corrected chi connectivity index (χ4v) is 1.99. The molecule has 0 bridgehead atoms. The predicted octanol–water partition coefficient (Wildman–Crippen LogP) is 2.75. The lowest BCUT2D eigenvalue weighted by Gasteiger charge is -2.10. The highest BCUT2D eigenvalue weighted by molar-refractivity contribution is 5.85. The van der Waals surface area contributed by atoms with Crippen LogP contribution >= 0.6 is 12.4 Å². The van der Waals surface area contributed by atoms with Crippen LogP contribution in [0, 0.1) is 10.1 Å². The Morgan fingerprint density at radius 1 is 1.18 bits per heavy atom. The molecule has 118 valence electrons. The van der Waals surface area contributed by atoms with Gasteiger partial charge in [0.05, 0.1) is 4.92 Å². The quantitative estimate of drug-likeness (QED) is 0.431. The summed E-state index contributed by atoms with van der Waals surface area (Å²) in [6.45, 7) is 0.608. The summed E-state index contributed by atoms with van der Waals surface area (Å²) >= 11 is 0. The zero-order valence-electron chi connectivity index (χ0n) is 11.9. The number of nitrogens with one attached hydrogen (secondary N) is 1. The van der Waals surface area contributed by atoms with Gasteiger partial charge in [0, 0.05) is 36.7 Å². The van der Waals surface area contributed by atoms with Crippen LogP contribution in [0.4, 0.5) is 17.1 Å². The molecule has 0 atom stereocenters. The zero-order valence-corrected chi connectivity index (χ0v) is 12.7. The van der Waals surface area contributed by atoms with E-state index in [2.05, 4.69) is 5.32 Å². The van der Waals surface area contributed by atoms with E-state index in [4.69, 9.17) is 10.8 Å². The molecule has 4 N–H and O–H groups in total. The van der Waals surface area contributed by atoms with Crippen LogP contribution in [0.5, 0.6) is 0 Å². The van der Waals surface area contributed by atoms with Gasteiger partial charge in [0.25, 0.3) is 5.69 Å². The van der Waals surface area contributed by atoms with Crippen molar-refractivity contribution in [2.45, 2.75) is 13.0 Å². The Bertz CT molecular complexity index is 632. The van der Waals surface area contributed by atoms with E-state index in [1.54, 1.807) is 18.2 Å². The molecule has 0 spiro atoms. The van der Waals surface area contributed by atoms with Gasteiger partial charge in [0.2, 0.25) is 0 Å². The van der Waals surface area contributed by atoms with Gasteiger partial charge in [-0.1, -0.05) is 12.1 Å². The maximum Gasteiger partial charge on any atom is 0.269 e. The molecular weight excluding hydrogens is 306 g/mol. The maximum atomic E-state index is 10.6. The average molecular weight is 324 g/mol. The smallest absolute Gasteiger partial charge is 0.269 e. The number of halogens is 1. The Kier molecular flexibility index (Phi) is 6.62. The van der Waals surface area contributed by atoms with Crippen LogP contribution in [0.15, 0.2) is 42.5 Å². The summed E-state index contributed by atoms with van der Waals surface area (Å²) in [5.41, 5.74) is 9.30. The number of aliphatic hydroxyl groups is 1. The first-order valence-corrected chi connectivity index (χ1v) is 6.56. The number of rotatable bonds is 6. The van der Waals surface area contributed by atoms with E-state index in [1.807, 2.05) is 12.1 Å². The zero-order chi connectivity index (χ0) is 15.2. The average Bonchev–Trinajstić information content (AvgIpc) is 2.48. The molecule has 0 aromatic heterocycles. The number of hydrogen-bond acceptors (Lipinski definition) is 5. The number of nitro groups is 1. The molecule has 0 heterocycles. The van der Waals surface area contributed by atoms with Gasteiger partial charge in [-0.05, 0) is 35.7 Å². The Labute approximate surface area is 134 Å². The minimum Gasteiger partial charge on any atom is -0.399 e. The van der Waals surface area contributed by atoms with Crippen molar-refractivity contribution in [3.63, 3.8) is 0 Å². The first kappa shape index (κ1) is 17.7. The number of nitrogens with two attached hydrogens (primary N) is 1. The monoisotopic (exact) mass is 323 g/mol. The third kappa shape index (κ3) is 4.61. The van der Waals surface area contributed by atoms with E-state index >= 15 is 0 Å². The van der Waals surface area contributed by atoms with Gasteiger partial charge in [0.1, 0.15) is 0 Å². The highest BCUT2D eigenvalue weighted by atomic mass is 35.5. The number of aliphatic hydroxyl groups excluding tert-OH is 1. The summed E-state index contributed by atoms with van der Waals surface area (Å²) in [5, 5.41) is 22.8. The third-order valence-electron chi connectivity index (χ3n) is 3.17. The molecule has 2 aromatic carbocycles. The second-order valence-corrected chi connectivity index (χ2v) is 4.66. The molecular formula is C15H18ClN3O3. The molecule has 22 heavy (non-hydrogen) atoms. The summed E-state index contributed by atoms with van der Waals surface area (Å²) in [6, 6.07) is 12.0. The summed E-state index contributed by atoms with van der Waals surface area (Å²) in [5.74, 6) is 0. The van der Waals surface area contributed by atoms with Crippen molar-refractivity contribution in [3.05, 3.63) is 63.7 Å². The van der Waals surface area contributed by atoms with Gasteiger partial charge in [-0.2, -0.15) is 0 Å². The molecule has 0 aliphatic rings. The van der Waals surface area contributed by atoms with Gasteiger partial charge in [-0.3, -0.25) is 10.1 Å². The molecule has 0 aliphatic heterocycles. The normalized spacial score (nSPS) is 9.86. The molecule has 0 aliphatic carbocycles. The van der Waals surface area contributed by atoms with E-state index in [-0.39, 0.29) is 24.7 Å². The molecule has 0 unspecified atom stereocenters. The van der Waals surface area contributed by atoms with Crippen molar-refractivity contribution in [1.29, 1.82) is 0 Å². The number of nitro benzene ring substituents is 1. The van der Waals surface area contributed by atoms with E-state index in [1.165, 1.54) is 12.1 Å². The van der Waals surface area contributed by atoms with Gasteiger partial charge in [-0.15, -0.1) is 12.4 Å². The topological polar surface area (TPSA) is 101 Å². The molecule has 6 nitrogen and oxygen atoms in total. The third-order valence-corrected chi connectivity index (χ3v) is 3.17. The van der Waals surface area contributed by atoms with Crippen molar-refractivity contribution in [2.24, 2.45) is 0 Å². The van der Waals surface area contributed by atoms with Crippen LogP contribution in [0.3, 0.4) is 0 Å². The van der Waals surface area contributed by atoms with Crippen LogP contribution in [0.25, 0.3) is 0 Å². The summed E-state index contributed by atoms with van der Waals surface area (Å²) in [6.07, 6.45) is 0.513. The summed E-state index contributed by atoms with van der Waals surface area (Å²) in [7, 11) is 0. The fraction of sp³-hybridized carbons (Fsp3) is 0.200. The number of nitrogen functional groups attached to an aromatic ring is 1. The van der Waals surface area contributed by atoms with E-state index < -0.39 is 4.92 Å². The molecule has 0 amide bonds. The Morgan fingerprint density at radius 3 is 2.45 bits per heavy atom. The Hall–Kier alpha value is -2.31. The maximum absolute atomic E-state index is 10.6. The lowest BCUT2D eigenvalue weighted by Crippen LogP contribution is -2.03. The second-order valence-electron chi connectivity index (χ2n) is 4.66. The fourth-order valence-electron chi connectivity index (χ4n) is 1.99. The summed E-state index contributed by atoms with van der Waals surface area (Å²) < 4.78 is 0. The molecule has 0 saturated heterocycles. The molecule has 7 heteroatoms. The highest BCUT2D eigenvalue weighted by Gasteiger charge is 2.04. The van der Waals surface area contributed by atoms with Crippen molar-refractivity contribution in [2.75, 3.05) is 17.7 Å². The molecule has 2 rings (SSSR count).